The van der Waals surface area contributed by atoms with Gasteiger partial charge < -0.3 is 9.47 Å². The molecule has 2 aromatic rings. The summed E-state index contributed by atoms with van der Waals surface area (Å²) in [6.45, 7) is 5.92. The third-order valence-electron chi connectivity index (χ3n) is 7.08. The van der Waals surface area contributed by atoms with Crippen molar-refractivity contribution >= 4 is 17.8 Å². The molecule has 35 heavy (non-hydrogen) atoms. The summed E-state index contributed by atoms with van der Waals surface area (Å²) in [5.41, 5.74) is 0.935. The van der Waals surface area contributed by atoms with E-state index in [2.05, 4.69) is 5.32 Å². The van der Waals surface area contributed by atoms with Crippen molar-refractivity contribution in [1.82, 2.24) is 10.2 Å². The second-order valence-corrected chi connectivity index (χ2v) is 9.57. The molecule has 7 nitrogen and oxygen atoms in total. The molecule has 0 bridgehead atoms. The second-order valence-electron chi connectivity index (χ2n) is 9.57. The molecule has 2 heterocycles. The lowest BCUT2D eigenvalue weighted by molar-refractivity contribution is -0.155. The van der Waals surface area contributed by atoms with Crippen molar-refractivity contribution in [3.05, 3.63) is 53.8 Å². The van der Waals surface area contributed by atoms with Crippen LogP contribution in [0.3, 0.4) is 0 Å². The van der Waals surface area contributed by atoms with Crippen molar-refractivity contribution in [1.29, 1.82) is 0 Å². The summed E-state index contributed by atoms with van der Waals surface area (Å²) in [6.07, 6.45) is 0.346. The topological polar surface area (TPSA) is 84.9 Å². The maximum absolute atomic E-state index is 13.4. The number of hydrogen-bond acceptors (Lipinski definition) is 6. The summed E-state index contributed by atoms with van der Waals surface area (Å²) in [5, 5.41) is 3.38. The largest absolute Gasteiger partial charge is 0.496 e. The molecule has 1 N–H and O–H groups in total. The summed E-state index contributed by atoms with van der Waals surface area (Å²) >= 11 is 0. The van der Waals surface area contributed by atoms with Gasteiger partial charge in [-0.15, -0.1) is 0 Å². The lowest BCUT2D eigenvalue weighted by atomic mass is 9.75. The summed E-state index contributed by atoms with van der Waals surface area (Å²) in [5.74, 6) is -2.53. The van der Waals surface area contributed by atoms with Gasteiger partial charge in [0.25, 0.3) is 0 Å². The van der Waals surface area contributed by atoms with Gasteiger partial charge in [0.05, 0.1) is 26.1 Å². The number of imide groups is 1. The van der Waals surface area contributed by atoms with Gasteiger partial charge in [-0.05, 0) is 48.6 Å². The maximum atomic E-state index is 13.4. The first-order chi connectivity index (χ1) is 16.7. The molecule has 8 heteroatoms. The molecule has 2 fully saturated rings. The summed E-state index contributed by atoms with van der Waals surface area (Å²) in [4.78, 5) is 41.3. The van der Waals surface area contributed by atoms with E-state index in [1.54, 1.807) is 19.1 Å². The fourth-order valence-corrected chi connectivity index (χ4v) is 5.71. The average Bonchev–Trinajstić information content (AvgIpc) is 3.31. The Hall–Kier alpha value is -3.26. The van der Waals surface area contributed by atoms with E-state index < -0.39 is 29.4 Å². The first-order valence-electron chi connectivity index (χ1n) is 11.8. The van der Waals surface area contributed by atoms with Crippen LogP contribution in [0.15, 0.2) is 42.5 Å². The molecule has 2 saturated heterocycles. The van der Waals surface area contributed by atoms with Crippen LogP contribution >= 0.6 is 0 Å². The lowest BCUT2D eigenvalue weighted by Gasteiger charge is -2.33. The van der Waals surface area contributed by atoms with Crippen LogP contribution in [0.25, 0.3) is 11.1 Å². The Kier molecular flexibility index (Phi) is 6.68. The van der Waals surface area contributed by atoms with Crippen molar-refractivity contribution < 1.29 is 28.2 Å². The fraction of sp³-hybridized carbons (Fsp3) is 0.444. The third-order valence-corrected chi connectivity index (χ3v) is 7.08. The molecule has 186 valence electrons. The number of carbonyl (C=O) groups is 3. The summed E-state index contributed by atoms with van der Waals surface area (Å²) in [6, 6.07) is 11.0. The first kappa shape index (κ1) is 24.9. The van der Waals surface area contributed by atoms with Gasteiger partial charge in [-0.25, -0.2) is 4.39 Å². The number of nitrogens with one attached hydrogen (secondary N) is 1. The monoisotopic (exact) mass is 482 g/mol. The highest BCUT2D eigenvalue weighted by molar-refractivity contribution is 6.09. The quantitative estimate of drug-likeness (QED) is 0.478. The number of esters is 1. The van der Waals surface area contributed by atoms with E-state index in [4.69, 9.17) is 9.47 Å². The Bertz CT molecular complexity index is 1150. The van der Waals surface area contributed by atoms with Gasteiger partial charge in [0, 0.05) is 18.2 Å². The number of amides is 2. The van der Waals surface area contributed by atoms with Gasteiger partial charge in [-0.3, -0.25) is 24.6 Å². The van der Waals surface area contributed by atoms with Crippen LogP contribution in [-0.4, -0.2) is 49.0 Å². The Balaban J connectivity index is 1.83. The zero-order valence-electron chi connectivity index (χ0n) is 20.6. The molecule has 2 aliphatic heterocycles. The third kappa shape index (κ3) is 3.99. The Labute approximate surface area is 204 Å². The van der Waals surface area contributed by atoms with Gasteiger partial charge in [-0.1, -0.05) is 38.1 Å². The first-order valence-corrected chi connectivity index (χ1v) is 11.8. The molecule has 2 amide bonds. The van der Waals surface area contributed by atoms with Gasteiger partial charge in [0.15, 0.2) is 0 Å². The number of likely N-dealkylation sites (tertiary alicyclic amines) is 1. The van der Waals surface area contributed by atoms with Gasteiger partial charge >= 0.3 is 5.97 Å². The van der Waals surface area contributed by atoms with E-state index in [1.807, 2.05) is 32.0 Å². The average molecular weight is 483 g/mol. The van der Waals surface area contributed by atoms with Crippen molar-refractivity contribution in [3.8, 4) is 16.9 Å². The number of fused-ring (bicyclic) bond motifs is 1. The lowest BCUT2D eigenvalue weighted by Crippen LogP contribution is -2.57. The Morgan fingerprint density at radius 2 is 1.80 bits per heavy atom. The number of halogens is 1. The van der Waals surface area contributed by atoms with Crippen LogP contribution in [0.2, 0.25) is 0 Å². The highest BCUT2D eigenvalue weighted by atomic mass is 19.1. The van der Waals surface area contributed by atoms with Crippen LogP contribution in [0.4, 0.5) is 4.39 Å². The molecule has 0 aromatic heterocycles. The number of ether oxygens (including phenoxy) is 2. The number of nitrogens with zero attached hydrogens (tertiary/aromatic N) is 1. The van der Waals surface area contributed by atoms with Crippen LogP contribution in [-0.2, 0) is 19.1 Å². The minimum absolute atomic E-state index is 0.0648. The molecule has 0 radical (unpaired) electrons. The summed E-state index contributed by atoms with van der Waals surface area (Å²) < 4.78 is 24.2. The van der Waals surface area contributed by atoms with Crippen LogP contribution in [0.1, 0.15) is 38.8 Å². The smallest absolute Gasteiger partial charge is 0.326 e. The van der Waals surface area contributed by atoms with Crippen molar-refractivity contribution in [2.75, 3.05) is 20.8 Å². The molecule has 0 saturated carbocycles. The van der Waals surface area contributed by atoms with Crippen LogP contribution < -0.4 is 10.1 Å². The molecule has 4 rings (SSSR count). The van der Waals surface area contributed by atoms with E-state index >= 15 is 0 Å². The van der Waals surface area contributed by atoms with Crippen LogP contribution in [0, 0.1) is 23.6 Å². The van der Waals surface area contributed by atoms with Crippen molar-refractivity contribution in [2.24, 2.45) is 17.8 Å². The van der Waals surface area contributed by atoms with E-state index in [0.717, 1.165) is 16.7 Å². The fourth-order valence-electron chi connectivity index (χ4n) is 5.71. The molecule has 2 aromatic carbocycles. The minimum atomic E-state index is -1.32. The van der Waals surface area contributed by atoms with E-state index in [1.165, 1.54) is 31.3 Å². The molecular weight excluding hydrogens is 451 g/mol. The van der Waals surface area contributed by atoms with E-state index in [-0.39, 0.29) is 30.1 Å². The van der Waals surface area contributed by atoms with Gasteiger partial charge in [0.1, 0.15) is 17.1 Å². The zero-order chi connectivity index (χ0) is 25.5. The number of methoxy groups -OCH3 is 2. The molecule has 0 spiro atoms. The van der Waals surface area contributed by atoms with Crippen molar-refractivity contribution in [2.45, 2.75) is 38.8 Å². The van der Waals surface area contributed by atoms with Gasteiger partial charge in [-0.2, -0.15) is 0 Å². The Morgan fingerprint density at radius 1 is 1.11 bits per heavy atom. The number of carbonyl (C=O) groups excluding carboxylic acids is 3. The maximum Gasteiger partial charge on any atom is 0.326 e. The second kappa shape index (κ2) is 9.41. The standard InChI is InChI=1S/C27H31FN2O5/c1-6-30-24(31)21-22(25(30)32)27(14-15(2)3,26(33)35-5)29-23(21)17-9-12-19(20(13-17)34-4)16-7-10-18(28)11-8-16/h7-13,15,21-23,29H,6,14H2,1-5H3/t21-,22-,23-,27-/m1/s1. The number of rotatable bonds is 7. The highest BCUT2D eigenvalue weighted by Crippen LogP contribution is 2.51. The molecule has 0 aliphatic carbocycles. The van der Waals surface area contributed by atoms with Crippen LogP contribution in [0.5, 0.6) is 5.75 Å². The Morgan fingerprint density at radius 3 is 2.37 bits per heavy atom. The van der Waals surface area contributed by atoms with E-state index in [9.17, 15) is 18.8 Å². The normalized spacial score (nSPS) is 25.8. The molecule has 4 atom stereocenters. The predicted molar refractivity (Wildman–Crippen MR) is 128 cm³/mol. The van der Waals surface area contributed by atoms with Gasteiger partial charge in [0.2, 0.25) is 11.8 Å². The molecule has 2 aliphatic rings. The molecule has 0 unspecified atom stereocenters. The highest BCUT2D eigenvalue weighted by Gasteiger charge is 2.68. The molecular formula is C27H31FN2O5. The number of hydrogen-bond donors (Lipinski definition) is 1. The predicted octanol–water partition coefficient (Wildman–Crippen LogP) is 3.72. The number of benzene rings is 2. The van der Waals surface area contributed by atoms with Crippen molar-refractivity contribution in [3.63, 3.8) is 0 Å². The van der Waals surface area contributed by atoms with E-state index in [0.29, 0.717) is 12.2 Å². The summed E-state index contributed by atoms with van der Waals surface area (Å²) in [7, 11) is 2.84. The SMILES string of the molecule is CCN1C(=O)[C@H]2[C@@H](c3ccc(-c4ccc(F)cc4)c(OC)c3)N[C@@](CC(C)C)(C(=O)OC)[C@H]2C1=O. The zero-order valence-corrected chi connectivity index (χ0v) is 20.6. The minimum Gasteiger partial charge on any atom is -0.496 e.